The summed E-state index contributed by atoms with van der Waals surface area (Å²) in [4.78, 5) is 0. The smallest absolute Gasteiger partial charge is 0.119 e. The molecular formula is C14H22O2. The Labute approximate surface area is 98.3 Å². The molecule has 2 heteroatoms. The number of hydrogen-bond donors (Lipinski definition) is 1. The minimum Gasteiger partial charge on any atom is -0.494 e. The van der Waals surface area contributed by atoms with Crippen LogP contribution < -0.4 is 4.74 Å². The van der Waals surface area contributed by atoms with Crippen LogP contribution in [0.15, 0.2) is 24.3 Å². The third-order valence-electron chi connectivity index (χ3n) is 2.48. The van der Waals surface area contributed by atoms with Crippen LogP contribution in [0.1, 0.15) is 45.8 Å². The summed E-state index contributed by atoms with van der Waals surface area (Å²) in [5.41, 5.74) is 1.22. The molecule has 0 aliphatic carbocycles. The molecule has 0 bridgehead atoms. The highest BCUT2D eigenvalue weighted by Gasteiger charge is 2.09. The van der Waals surface area contributed by atoms with E-state index in [2.05, 4.69) is 20.8 Å². The van der Waals surface area contributed by atoms with E-state index in [1.165, 1.54) is 0 Å². The second-order valence-electron chi connectivity index (χ2n) is 5.40. The fraction of sp³-hybridized carbons (Fsp3) is 0.571. The Morgan fingerprint density at radius 2 is 1.75 bits per heavy atom. The van der Waals surface area contributed by atoms with Gasteiger partial charge in [-0.1, -0.05) is 32.9 Å². The highest BCUT2D eigenvalue weighted by atomic mass is 16.5. The van der Waals surface area contributed by atoms with E-state index in [0.717, 1.165) is 24.3 Å². The molecule has 1 aromatic carbocycles. The standard InChI is InChI=1S/C14H22O2/c1-11(15)12-5-7-13(8-6-12)16-10-9-14(2,3)4/h5-8,11,15H,9-10H2,1-4H3. The molecule has 90 valence electrons. The monoisotopic (exact) mass is 222 g/mol. The average Bonchev–Trinajstić information content (AvgIpc) is 2.16. The molecule has 0 fully saturated rings. The molecular weight excluding hydrogens is 200 g/mol. The predicted octanol–water partition coefficient (Wildman–Crippen LogP) is 3.55. The zero-order valence-electron chi connectivity index (χ0n) is 10.7. The van der Waals surface area contributed by atoms with E-state index < -0.39 is 6.10 Å². The largest absolute Gasteiger partial charge is 0.494 e. The number of aliphatic hydroxyl groups is 1. The van der Waals surface area contributed by atoms with Crippen LogP contribution >= 0.6 is 0 Å². The minimum atomic E-state index is -0.413. The minimum absolute atomic E-state index is 0.305. The summed E-state index contributed by atoms with van der Waals surface area (Å²) in [6.45, 7) is 9.10. The van der Waals surface area contributed by atoms with Gasteiger partial charge in [-0.3, -0.25) is 0 Å². The SMILES string of the molecule is CC(O)c1ccc(OCCC(C)(C)C)cc1. The first kappa shape index (κ1) is 13.0. The zero-order chi connectivity index (χ0) is 12.2. The Hall–Kier alpha value is -1.02. The molecule has 1 N–H and O–H groups in total. The molecule has 0 aliphatic rings. The second kappa shape index (κ2) is 5.35. The van der Waals surface area contributed by atoms with Crippen molar-refractivity contribution in [2.45, 2.75) is 40.2 Å². The van der Waals surface area contributed by atoms with Crippen molar-refractivity contribution in [3.05, 3.63) is 29.8 Å². The molecule has 0 spiro atoms. The lowest BCUT2D eigenvalue weighted by molar-refractivity contribution is 0.199. The van der Waals surface area contributed by atoms with E-state index >= 15 is 0 Å². The molecule has 1 rings (SSSR count). The highest BCUT2D eigenvalue weighted by Crippen LogP contribution is 2.21. The molecule has 16 heavy (non-hydrogen) atoms. The van der Waals surface area contributed by atoms with Gasteiger partial charge >= 0.3 is 0 Å². The molecule has 2 nitrogen and oxygen atoms in total. The Morgan fingerprint density at radius 1 is 1.19 bits per heavy atom. The van der Waals surface area contributed by atoms with Crippen LogP contribution in [0.4, 0.5) is 0 Å². The molecule has 1 atom stereocenters. The van der Waals surface area contributed by atoms with Crippen molar-refractivity contribution in [2.24, 2.45) is 5.41 Å². The van der Waals surface area contributed by atoms with Gasteiger partial charge in [0.1, 0.15) is 5.75 Å². The van der Waals surface area contributed by atoms with Gasteiger partial charge in [0.05, 0.1) is 12.7 Å². The van der Waals surface area contributed by atoms with Gasteiger partial charge in [-0.25, -0.2) is 0 Å². The lowest BCUT2D eigenvalue weighted by atomic mass is 9.93. The van der Waals surface area contributed by atoms with Crippen LogP contribution in [0, 0.1) is 5.41 Å². The van der Waals surface area contributed by atoms with Crippen molar-refractivity contribution >= 4 is 0 Å². The normalized spacial score (nSPS) is 13.6. The van der Waals surface area contributed by atoms with Crippen LogP contribution in [-0.2, 0) is 0 Å². The second-order valence-corrected chi connectivity index (χ2v) is 5.40. The topological polar surface area (TPSA) is 29.5 Å². The molecule has 0 saturated heterocycles. The summed E-state index contributed by atoms with van der Waals surface area (Å²) < 4.78 is 5.64. The Kier molecular flexibility index (Phi) is 4.36. The van der Waals surface area contributed by atoms with Crippen molar-refractivity contribution in [1.29, 1.82) is 0 Å². The number of benzene rings is 1. The Bertz CT molecular complexity index is 307. The van der Waals surface area contributed by atoms with Gasteiger partial charge in [-0.15, -0.1) is 0 Å². The summed E-state index contributed by atoms with van der Waals surface area (Å²) in [7, 11) is 0. The molecule has 0 aliphatic heterocycles. The van der Waals surface area contributed by atoms with Crippen molar-refractivity contribution in [1.82, 2.24) is 0 Å². The van der Waals surface area contributed by atoms with E-state index in [1.807, 2.05) is 24.3 Å². The van der Waals surface area contributed by atoms with E-state index in [0.29, 0.717) is 5.41 Å². The van der Waals surface area contributed by atoms with Gasteiger partial charge in [0.25, 0.3) is 0 Å². The summed E-state index contributed by atoms with van der Waals surface area (Å²) in [5.74, 6) is 0.869. The van der Waals surface area contributed by atoms with Crippen LogP contribution in [-0.4, -0.2) is 11.7 Å². The predicted molar refractivity (Wildman–Crippen MR) is 66.6 cm³/mol. The number of rotatable bonds is 4. The Morgan fingerprint density at radius 3 is 2.19 bits per heavy atom. The molecule has 0 saturated carbocycles. The van der Waals surface area contributed by atoms with Crippen molar-refractivity contribution in [3.8, 4) is 5.75 Å². The quantitative estimate of drug-likeness (QED) is 0.844. The van der Waals surface area contributed by atoms with Crippen LogP contribution in [0.3, 0.4) is 0 Å². The van der Waals surface area contributed by atoms with Gasteiger partial charge in [-0.05, 0) is 36.5 Å². The maximum atomic E-state index is 9.36. The first-order valence-corrected chi connectivity index (χ1v) is 5.79. The van der Waals surface area contributed by atoms with E-state index in [1.54, 1.807) is 6.92 Å². The summed E-state index contributed by atoms with van der Waals surface area (Å²) in [6.07, 6.45) is 0.620. The van der Waals surface area contributed by atoms with Gasteiger partial charge in [0.2, 0.25) is 0 Å². The summed E-state index contributed by atoms with van der Waals surface area (Å²) >= 11 is 0. The third-order valence-corrected chi connectivity index (χ3v) is 2.48. The van der Waals surface area contributed by atoms with Gasteiger partial charge in [-0.2, -0.15) is 0 Å². The third kappa shape index (κ3) is 4.67. The van der Waals surface area contributed by atoms with Gasteiger partial charge < -0.3 is 9.84 Å². The first-order chi connectivity index (χ1) is 7.38. The molecule has 0 amide bonds. The van der Waals surface area contributed by atoms with Gasteiger partial charge in [0, 0.05) is 0 Å². The van der Waals surface area contributed by atoms with Crippen LogP contribution in [0.25, 0.3) is 0 Å². The lowest BCUT2D eigenvalue weighted by Gasteiger charge is -2.18. The number of ether oxygens (including phenoxy) is 1. The number of aliphatic hydroxyl groups excluding tert-OH is 1. The summed E-state index contributed by atoms with van der Waals surface area (Å²) in [6, 6.07) is 7.61. The average molecular weight is 222 g/mol. The van der Waals surface area contributed by atoms with Gasteiger partial charge in [0.15, 0.2) is 0 Å². The molecule has 0 heterocycles. The highest BCUT2D eigenvalue weighted by molar-refractivity contribution is 5.28. The Balaban J connectivity index is 2.44. The zero-order valence-corrected chi connectivity index (χ0v) is 10.7. The maximum absolute atomic E-state index is 9.36. The van der Waals surface area contributed by atoms with E-state index in [9.17, 15) is 5.11 Å². The molecule has 1 aromatic rings. The van der Waals surface area contributed by atoms with Crippen molar-refractivity contribution < 1.29 is 9.84 Å². The van der Waals surface area contributed by atoms with Crippen LogP contribution in [0.2, 0.25) is 0 Å². The molecule has 0 radical (unpaired) electrons. The molecule has 0 aromatic heterocycles. The van der Waals surface area contributed by atoms with E-state index in [4.69, 9.17) is 4.74 Å². The lowest BCUT2D eigenvalue weighted by Crippen LogP contribution is -2.11. The fourth-order valence-corrected chi connectivity index (χ4v) is 1.32. The van der Waals surface area contributed by atoms with E-state index in [-0.39, 0.29) is 0 Å². The molecule has 1 unspecified atom stereocenters. The summed E-state index contributed by atoms with van der Waals surface area (Å²) in [5, 5.41) is 9.36. The maximum Gasteiger partial charge on any atom is 0.119 e. The number of hydrogen-bond acceptors (Lipinski definition) is 2. The van der Waals surface area contributed by atoms with Crippen molar-refractivity contribution in [2.75, 3.05) is 6.61 Å². The first-order valence-electron chi connectivity index (χ1n) is 5.79. The van der Waals surface area contributed by atoms with Crippen molar-refractivity contribution in [3.63, 3.8) is 0 Å². The van der Waals surface area contributed by atoms with Crippen LogP contribution in [0.5, 0.6) is 5.75 Å². The fourth-order valence-electron chi connectivity index (χ4n) is 1.32.